The third-order valence-corrected chi connectivity index (χ3v) is 1.56. The van der Waals surface area contributed by atoms with Gasteiger partial charge >= 0.3 is 0 Å². The summed E-state index contributed by atoms with van der Waals surface area (Å²) in [5.41, 5.74) is 0.985. The molecule has 1 aromatic carbocycles. The molecular weight excluding hydrogens is 168 g/mol. The molecule has 13 heavy (non-hydrogen) atoms. The summed E-state index contributed by atoms with van der Waals surface area (Å²) < 4.78 is 5.19. The zero-order valence-corrected chi connectivity index (χ0v) is 7.60. The first kappa shape index (κ1) is 10.0. The van der Waals surface area contributed by atoms with Gasteiger partial charge in [0, 0.05) is 0 Å². The van der Waals surface area contributed by atoms with Crippen LogP contribution >= 0.6 is 0 Å². The minimum Gasteiger partial charge on any atom is -0.508 e. The first-order valence-corrected chi connectivity index (χ1v) is 4.22. The van der Waals surface area contributed by atoms with Crippen LogP contribution in [0.2, 0.25) is 0 Å². The van der Waals surface area contributed by atoms with Crippen molar-refractivity contribution in [3.8, 4) is 5.75 Å². The number of aromatic hydroxyl groups is 1. The summed E-state index contributed by atoms with van der Waals surface area (Å²) in [7, 11) is 0. The number of hydrogen-bond acceptors (Lipinski definition) is 3. The van der Waals surface area contributed by atoms with Gasteiger partial charge in [-0.25, -0.2) is 0 Å². The molecule has 0 saturated carbocycles. The van der Waals surface area contributed by atoms with Gasteiger partial charge in [0.05, 0.1) is 19.3 Å². The van der Waals surface area contributed by atoms with E-state index < -0.39 is 6.10 Å². The summed E-state index contributed by atoms with van der Waals surface area (Å²) in [6.45, 7) is 2.48. The smallest absolute Gasteiger partial charge is 0.115 e. The minimum absolute atomic E-state index is 0.249. The van der Waals surface area contributed by atoms with Crippen molar-refractivity contribution in [2.45, 2.75) is 19.6 Å². The van der Waals surface area contributed by atoms with Crippen LogP contribution in [0.4, 0.5) is 0 Å². The molecule has 0 aliphatic rings. The van der Waals surface area contributed by atoms with Gasteiger partial charge in [-0.15, -0.1) is 0 Å². The Hall–Kier alpha value is -1.06. The second-order valence-electron chi connectivity index (χ2n) is 3.03. The Morgan fingerprint density at radius 3 is 2.46 bits per heavy atom. The highest BCUT2D eigenvalue weighted by atomic mass is 16.5. The van der Waals surface area contributed by atoms with Crippen molar-refractivity contribution in [1.29, 1.82) is 0 Å². The summed E-state index contributed by atoms with van der Waals surface area (Å²) in [5, 5.41) is 17.9. The van der Waals surface area contributed by atoms with E-state index in [9.17, 15) is 0 Å². The Balaban J connectivity index is 2.33. The molecule has 3 heteroatoms. The highest BCUT2D eigenvalue weighted by Gasteiger charge is 1.96. The fourth-order valence-corrected chi connectivity index (χ4v) is 0.940. The molecule has 2 N–H and O–H groups in total. The van der Waals surface area contributed by atoms with E-state index in [4.69, 9.17) is 14.9 Å². The van der Waals surface area contributed by atoms with Gasteiger partial charge in [0.25, 0.3) is 0 Å². The molecule has 3 nitrogen and oxygen atoms in total. The number of rotatable bonds is 4. The van der Waals surface area contributed by atoms with Gasteiger partial charge in [0.15, 0.2) is 0 Å². The average Bonchev–Trinajstić information content (AvgIpc) is 2.08. The van der Waals surface area contributed by atoms with Gasteiger partial charge in [-0.2, -0.15) is 0 Å². The Bertz CT molecular complexity index is 241. The molecule has 0 aliphatic heterocycles. The summed E-state index contributed by atoms with van der Waals surface area (Å²) in [5.74, 6) is 0.249. The van der Waals surface area contributed by atoms with E-state index >= 15 is 0 Å². The van der Waals surface area contributed by atoms with Crippen molar-refractivity contribution in [1.82, 2.24) is 0 Å². The number of aliphatic hydroxyl groups excluding tert-OH is 1. The maximum atomic E-state index is 8.99. The summed E-state index contributed by atoms with van der Waals surface area (Å²) in [4.78, 5) is 0. The molecule has 0 aliphatic carbocycles. The number of phenols is 1. The van der Waals surface area contributed by atoms with E-state index in [1.54, 1.807) is 31.2 Å². The lowest BCUT2D eigenvalue weighted by Gasteiger charge is -2.05. The van der Waals surface area contributed by atoms with Crippen molar-refractivity contribution in [2.75, 3.05) is 6.61 Å². The lowest BCUT2D eigenvalue weighted by Crippen LogP contribution is -2.09. The first-order chi connectivity index (χ1) is 6.18. The summed E-state index contributed by atoms with van der Waals surface area (Å²) >= 11 is 0. The predicted molar refractivity (Wildman–Crippen MR) is 49.4 cm³/mol. The summed E-state index contributed by atoms with van der Waals surface area (Å²) in [6.07, 6.45) is -0.433. The number of ether oxygens (including phenoxy) is 1. The van der Waals surface area contributed by atoms with Gasteiger partial charge in [-0.1, -0.05) is 12.1 Å². The molecule has 0 saturated heterocycles. The monoisotopic (exact) mass is 182 g/mol. The Morgan fingerprint density at radius 2 is 1.92 bits per heavy atom. The second kappa shape index (κ2) is 4.84. The zero-order chi connectivity index (χ0) is 9.68. The Kier molecular flexibility index (Phi) is 3.73. The fraction of sp³-hybridized carbons (Fsp3) is 0.400. The topological polar surface area (TPSA) is 49.7 Å². The van der Waals surface area contributed by atoms with Crippen molar-refractivity contribution < 1.29 is 14.9 Å². The zero-order valence-electron chi connectivity index (χ0n) is 7.60. The Morgan fingerprint density at radius 1 is 1.31 bits per heavy atom. The lowest BCUT2D eigenvalue weighted by atomic mass is 10.2. The molecule has 0 heterocycles. The SMILES string of the molecule is CC(O)COCc1ccc(O)cc1. The van der Waals surface area contributed by atoms with E-state index in [2.05, 4.69) is 0 Å². The van der Waals surface area contributed by atoms with E-state index in [0.717, 1.165) is 5.56 Å². The maximum absolute atomic E-state index is 8.99. The second-order valence-corrected chi connectivity index (χ2v) is 3.03. The van der Waals surface area contributed by atoms with Gasteiger partial charge < -0.3 is 14.9 Å². The van der Waals surface area contributed by atoms with Crippen molar-refractivity contribution in [3.63, 3.8) is 0 Å². The van der Waals surface area contributed by atoms with Crippen LogP contribution in [0, 0.1) is 0 Å². The number of hydrogen-bond donors (Lipinski definition) is 2. The molecule has 1 atom stereocenters. The normalized spacial score (nSPS) is 12.8. The molecule has 1 rings (SSSR count). The van der Waals surface area contributed by atoms with Crippen molar-refractivity contribution in [3.05, 3.63) is 29.8 Å². The third-order valence-electron chi connectivity index (χ3n) is 1.56. The fourth-order valence-electron chi connectivity index (χ4n) is 0.940. The van der Waals surface area contributed by atoms with E-state index in [1.165, 1.54) is 0 Å². The average molecular weight is 182 g/mol. The van der Waals surface area contributed by atoms with Crippen LogP contribution in [0.25, 0.3) is 0 Å². The van der Waals surface area contributed by atoms with Gasteiger partial charge in [-0.3, -0.25) is 0 Å². The Labute approximate surface area is 77.6 Å². The van der Waals surface area contributed by atoms with Crippen LogP contribution in [-0.2, 0) is 11.3 Å². The van der Waals surface area contributed by atoms with E-state index in [-0.39, 0.29) is 5.75 Å². The maximum Gasteiger partial charge on any atom is 0.115 e. The van der Waals surface area contributed by atoms with Crippen LogP contribution in [0.15, 0.2) is 24.3 Å². The molecule has 1 unspecified atom stereocenters. The molecule has 0 aromatic heterocycles. The predicted octanol–water partition coefficient (Wildman–Crippen LogP) is 1.29. The van der Waals surface area contributed by atoms with Crippen LogP contribution in [0.1, 0.15) is 12.5 Å². The molecule has 0 fully saturated rings. The van der Waals surface area contributed by atoms with Gasteiger partial charge in [0.2, 0.25) is 0 Å². The highest BCUT2D eigenvalue weighted by Crippen LogP contribution is 2.10. The minimum atomic E-state index is -0.433. The van der Waals surface area contributed by atoms with Crippen LogP contribution in [0.3, 0.4) is 0 Å². The van der Waals surface area contributed by atoms with Crippen LogP contribution in [0.5, 0.6) is 5.75 Å². The first-order valence-electron chi connectivity index (χ1n) is 4.22. The number of phenolic OH excluding ortho intramolecular Hbond substituents is 1. The third kappa shape index (κ3) is 3.92. The van der Waals surface area contributed by atoms with Crippen molar-refractivity contribution >= 4 is 0 Å². The summed E-state index contributed by atoms with van der Waals surface area (Å²) in [6, 6.07) is 6.80. The van der Waals surface area contributed by atoms with Gasteiger partial charge in [0.1, 0.15) is 5.75 Å². The van der Waals surface area contributed by atoms with E-state index in [0.29, 0.717) is 13.2 Å². The largest absolute Gasteiger partial charge is 0.508 e. The van der Waals surface area contributed by atoms with Crippen LogP contribution in [-0.4, -0.2) is 22.9 Å². The van der Waals surface area contributed by atoms with Gasteiger partial charge in [-0.05, 0) is 24.6 Å². The van der Waals surface area contributed by atoms with Crippen molar-refractivity contribution in [2.24, 2.45) is 0 Å². The number of aliphatic hydroxyl groups is 1. The molecule has 0 radical (unpaired) electrons. The highest BCUT2D eigenvalue weighted by molar-refractivity contribution is 5.25. The number of benzene rings is 1. The lowest BCUT2D eigenvalue weighted by molar-refractivity contribution is 0.0376. The van der Waals surface area contributed by atoms with E-state index in [1.807, 2.05) is 0 Å². The molecule has 0 spiro atoms. The molecule has 72 valence electrons. The molecule has 0 bridgehead atoms. The van der Waals surface area contributed by atoms with Crippen LogP contribution < -0.4 is 0 Å². The molecule has 1 aromatic rings. The standard InChI is InChI=1S/C10H14O3/c1-8(11)6-13-7-9-2-4-10(12)5-3-9/h2-5,8,11-12H,6-7H2,1H3. The molecular formula is C10H14O3. The molecule has 0 amide bonds. The quantitative estimate of drug-likeness (QED) is 0.737.